The van der Waals surface area contributed by atoms with Gasteiger partial charge in [-0.2, -0.15) is 0 Å². The molecule has 0 atom stereocenters. The molecule has 0 spiro atoms. The lowest BCUT2D eigenvalue weighted by Crippen LogP contribution is -2.17. The van der Waals surface area contributed by atoms with Crippen LogP contribution >= 0.6 is 0 Å². The highest BCUT2D eigenvalue weighted by Gasteiger charge is 2.17. The highest BCUT2D eigenvalue weighted by molar-refractivity contribution is 5.94. The van der Waals surface area contributed by atoms with Crippen LogP contribution in [0.4, 0.5) is 5.82 Å². The summed E-state index contributed by atoms with van der Waals surface area (Å²) in [4.78, 5) is 29.8. The van der Waals surface area contributed by atoms with Gasteiger partial charge in [0.15, 0.2) is 5.58 Å². The standard InChI is InChI=1S/C25H22N4O3/c1-17-9-7-16-29-23(17)27-22(18-10-3-2-4-11-18)24(29)26-21(30)14-8-15-28-19-12-5-6-13-20(19)32-25(28)31/h2-7,9-13,16H,8,14-15H2,1H3,(H,26,30). The fourth-order valence-electron chi connectivity index (χ4n) is 3.94. The van der Waals surface area contributed by atoms with Crippen LogP contribution in [0, 0.1) is 6.92 Å². The molecule has 0 fully saturated rings. The van der Waals surface area contributed by atoms with Gasteiger partial charge in [-0.15, -0.1) is 0 Å². The molecule has 3 heterocycles. The van der Waals surface area contributed by atoms with Gasteiger partial charge in [0.05, 0.1) is 5.52 Å². The van der Waals surface area contributed by atoms with Gasteiger partial charge < -0.3 is 9.73 Å². The van der Waals surface area contributed by atoms with Gasteiger partial charge in [-0.25, -0.2) is 9.78 Å². The largest absolute Gasteiger partial charge is 0.419 e. The molecule has 3 aromatic heterocycles. The maximum atomic E-state index is 12.8. The summed E-state index contributed by atoms with van der Waals surface area (Å²) in [6.07, 6.45) is 2.67. The predicted octanol–water partition coefficient (Wildman–Crippen LogP) is 4.64. The summed E-state index contributed by atoms with van der Waals surface area (Å²) >= 11 is 0. The summed E-state index contributed by atoms with van der Waals surface area (Å²) in [5.74, 6) is 0.104. The number of amides is 1. The number of hydrogen-bond acceptors (Lipinski definition) is 4. The van der Waals surface area contributed by atoms with Crippen molar-refractivity contribution in [3.05, 3.63) is 89.0 Å². The van der Waals surface area contributed by atoms with E-state index in [2.05, 4.69) is 5.32 Å². The fourth-order valence-corrected chi connectivity index (χ4v) is 3.94. The first-order valence-corrected chi connectivity index (χ1v) is 10.5. The first-order valence-electron chi connectivity index (χ1n) is 10.5. The average molecular weight is 426 g/mol. The van der Waals surface area contributed by atoms with Gasteiger partial charge in [0, 0.05) is 24.7 Å². The molecule has 32 heavy (non-hydrogen) atoms. The van der Waals surface area contributed by atoms with Crippen molar-refractivity contribution in [2.45, 2.75) is 26.3 Å². The van der Waals surface area contributed by atoms with E-state index in [1.54, 1.807) is 10.6 Å². The van der Waals surface area contributed by atoms with E-state index in [9.17, 15) is 9.59 Å². The van der Waals surface area contributed by atoms with Gasteiger partial charge in [0.1, 0.15) is 17.2 Å². The number of aromatic nitrogens is 3. The summed E-state index contributed by atoms with van der Waals surface area (Å²) in [5.41, 5.74) is 4.78. The van der Waals surface area contributed by atoms with E-state index in [0.717, 1.165) is 28.0 Å². The summed E-state index contributed by atoms with van der Waals surface area (Å²) in [6, 6.07) is 21.0. The summed E-state index contributed by atoms with van der Waals surface area (Å²) in [7, 11) is 0. The number of benzene rings is 2. The molecule has 0 bridgehead atoms. The average Bonchev–Trinajstić information content (AvgIpc) is 3.33. The molecule has 0 radical (unpaired) electrons. The Morgan fingerprint density at radius 2 is 1.81 bits per heavy atom. The van der Waals surface area contributed by atoms with Crippen molar-refractivity contribution in [1.29, 1.82) is 0 Å². The zero-order valence-electron chi connectivity index (χ0n) is 17.6. The second-order valence-corrected chi connectivity index (χ2v) is 7.70. The number of para-hydroxylation sites is 2. The zero-order chi connectivity index (χ0) is 22.1. The van der Waals surface area contributed by atoms with Crippen molar-refractivity contribution in [2.75, 3.05) is 5.32 Å². The molecule has 0 saturated carbocycles. The van der Waals surface area contributed by atoms with E-state index in [1.165, 1.54) is 0 Å². The van der Waals surface area contributed by atoms with Crippen LogP contribution in [-0.4, -0.2) is 19.9 Å². The molecule has 0 saturated heterocycles. The number of pyridine rings is 1. The number of oxazole rings is 1. The fraction of sp³-hybridized carbons (Fsp3) is 0.160. The van der Waals surface area contributed by atoms with Crippen molar-refractivity contribution in [2.24, 2.45) is 0 Å². The monoisotopic (exact) mass is 426 g/mol. The number of carbonyl (C=O) groups is 1. The van der Waals surface area contributed by atoms with Crippen molar-refractivity contribution < 1.29 is 9.21 Å². The Hall–Kier alpha value is -4.13. The Labute approximate surface area is 183 Å². The third-order valence-corrected chi connectivity index (χ3v) is 5.51. The lowest BCUT2D eigenvalue weighted by molar-refractivity contribution is -0.116. The normalized spacial score (nSPS) is 11.3. The van der Waals surface area contributed by atoms with Gasteiger partial charge >= 0.3 is 5.76 Å². The first kappa shape index (κ1) is 19.8. The second-order valence-electron chi connectivity index (χ2n) is 7.70. The molecule has 0 aliphatic rings. The number of hydrogen-bond donors (Lipinski definition) is 1. The van der Waals surface area contributed by atoms with Crippen LogP contribution in [0.1, 0.15) is 18.4 Å². The van der Waals surface area contributed by atoms with Gasteiger partial charge in [-0.05, 0) is 37.1 Å². The van der Waals surface area contributed by atoms with Crippen LogP contribution in [0.5, 0.6) is 0 Å². The van der Waals surface area contributed by atoms with Crippen molar-refractivity contribution in [3.8, 4) is 11.3 Å². The summed E-state index contributed by atoms with van der Waals surface area (Å²) < 4.78 is 8.73. The van der Waals surface area contributed by atoms with Gasteiger partial charge in [-0.3, -0.25) is 13.8 Å². The third-order valence-electron chi connectivity index (χ3n) is 5.51. The zero-order valence-corrected chi connectivity index (χ0v) is 17.6. The van der Waals surface area contributed by atoms with Crippen molar-refractivity contribution in [1.82, 2.24) is 14.0 Å². The molecule has 2 aromatic carbocycles. The van der Waals surface area contributed by atoms with Gasteiger partial charge in [-0.1, -0.05) is 48.5 Å². The first-order chi connectivity index (χ1) is 15.6. The summed E-state index contributed by atoms with van der Waals surface area (Å²) in [5, 5.41) is 3.04. The highest BCUT2D eigenvalue weighted by atomic mass is 16.4. The smallest absolute Gasteiger partial charge is 0.408 e. The second kappa shape index (κ2) is 8.19. The minimum atomic E-state index is -0.407. The minimum Gasteiger partial charge on any atom is -0.408 e. The molecule has 0 aliphatic heterocycles. The molecule has 160 valence electrons. The Kier molecular flexibility index (Phi) is 5.07. The molecule has 5 aromatic rings. The van der Waals surface area contributed by atoms with Crippen LogP contribution in [0.3, 0.4) is 0 Å². The molecule has 0 aliphatic carbocycles. The number of nitrogens with zero attached hydrogens (tertiary/aromatic N) is 3. The van der Waals surface area contributed by atoms with Crippen LogP contribution in [0.2, 0.25) is 0 Å². The van der Waals surface area contributed by atoms with Crippen LogP contribution < -0.4 is 11.1 Å². The summed E-state index contributed by atoms with van der Waals surface area (Å²) in [6.45, 7) is 2.40. The molecule has 0 unspecified atom stereocenters. The number of fused-ring (bicyclic) bond motifs is 2. The van der Waals surface area contributed by atoms with Crippen molar-refractivity contribution >= 4 is 28.5 Å². The van der Waals surface area contributed by atoms with Crippen LogP contribution in [0.15, 0.2) is 82.1 Å². The maximum Gasteiger partial charge on any atom is 0.419 e. The van der Waals surface area contributed by atoms with E-state index in [4.69, 9.17) is 9.40 Å². The SMILES string of the molecule is Cc1cccn2c(NC(=O)CCCn3c(=O)oc4ccccc43)c(-c3ccccc3)nc12. The molecular weight excluding hydrogens is 404 g/mol. The molecule has 5 rings (SSSR count). The lowest BCUT2D eigenvalue weighted by Gasteiger charge is -2.08. The van der Waals surface area contributed by atoms with E-state index in [1.807, 2.05) is 78.2 Å². The molecule has 1 N–H and O–H groups in total. The van der Waals surface area contributed by atoms with E-state index >= 15 is 0 Å². The minimum absolute atomic E-state index is 0.133. The number of aryl methyl sites for hydroxylation is 2. The van der Waals surface area contributed by atoms with E-state index in [-0.39, 0.29) is 12.3 Å². The highest BCUT2D eigenvalue weighted by Crippen LogP contribution is 2.30. The number of anilines is 1. The maximum absolute atomic E-state index is 12.8. The Balaban J connectivity index is 1.37. The Morgan fingerprint density at radius 3 is 2.66 bits per heavy atom. The van der Waals surface area contributed by atoms with Gasteiger partial charge in [0.25, 0.3) is 0 Å². The molecule has 7 heteroatoms. The number of rotatable bonds is 6. The molecular formula is C25H22N4O3. The van der Waals surface area contributed by atoms with Gasteiger partial charge in [0.2, 0.25) is 5.91 Å². The Morgan fingerprint density at radius 1 is 1.03 bits per heavy atom. The quantitative estimate of drug-likeness (QED) is 0.429. The number of imidazole rings is 1. The lowest BCUT2D eigenvalue weighted by atomic mass is 10.1. The third kappa shape index (κ3) is 3.58. The Bertz CT molecular complexity index is 1480. The van der Waals surface area contributed by atoms with E-state index in [0.29, 0.717) is 24.4 Å². The number of carbonyl (C=O) groups excluding carboxylic acids is 1. The van der Waals surface area contributed by atoms with Crippen molar-refractivity contribution in [3.63, 3.8) is 0 Å². The topological polar surface area (TPSA) is 81.5 Å². The van der Waals surface area contributed by atoms with Crippen LogP contribution in [0.25, 0.3) is 28.0 Å². The predicted molar refractivity (Wildman–Crippen MR) is 124 cm³/mol. The molecule has 1 amide bonds. The van der Waals surface area contributed by atoms with E-state index < -0.39 is 5.76 Å². The molecule has 7 nitrogen and oxygen atoms in total. The van der Waals surface area contributed by atoms with Crippen LogP contribution in [-0.2, 0) is 11.3 Å². The number of nitrogens with one attached hydrogen (secondary N) is 1.